The smallest absolute Gasteiger partial charge is 0.240 e. The van der Waals surface area contributed by atoms with Crippen LogP contribution in [0.2, 0.25) is 5.02 Å². The Balaban J connectivity index is 0.000000139. The Morgan fingerprint density at radius 1 is 0.482 bits per heavy atom. The first kappa shape index (κ1) is 102. The molecule has 0 radical (unpaired) electrons. The number of anilines is 3. The predicted molar refractivity (Wildman–Crippen MR) is 523 cm³/mol. The maximum Gasteiger partial charge on any atom is 0.240 e. The van der Waals surface area contributed by atoms with Gasteiger partial charge in [0.25, 0.3) is 0 Å². The summed E-state index contributed by atoms with van der Waals surface area (Å²) in [7, 11) is -16.8. The average molecular weight is 2010 g/mol. The van der Waals surface area contributed by atoms with Crippen LogP contribution in [-0.2, 0) is 80.0 Å². The summed E-state index contributed by atoms with van der Waals surface area (Å²) in [4.78, 5) is 66.8. The summed E-state index contributed by atoms with van der Waals surface area (Å²) in [5.41, 5.74) is 14.5. The lowest BCUT2D eigenvalue weighted by molar-refractivity contribution is -0.160. The number of hydrogen-bond acceptors (Lipinski definition) is 22. The number of aromatic nitrogens is 2. The van der Waals surface area contributed by atoms with E-state index in [2.05, 4.69) is 19.6 Å². The number of hydrogen-bond donors (Lipinski definition) is 4. The van der Waals surface area contributed by atoms with Crippen molar-refractivity contribution in [3.63, 3.8) is 0 Å². The molecule has 13 aromatic rings. The van der Waals surface area contributed by atoms with E-state index in [4.69, 9.17) is 40.2 Å². The number of rotatable bonds is 21. The lowest BCUT2D eigenvalue weighted by atomic mass is 9.85. The molecule has 18 rings (SSSR count). The lowest BCUT2D eigenvalue weighted by Gasteiger charge is -2.21. The van der Waals surface area contributed by atoms with Gasteiger partial charge in [0, 0.05) is 111 Å². The number of primary sulfonamides is 3. The van der Waals surface area contributed by atoms with Crippen LogP contribution in [-0.4, -0.2) is 95.1 Å². The Kier molecular flexibility index (Phi) is 32.9. The zero-order valence-corrected chi connectivity index (χ0v) is 81.0. The molecule has 0 atom stereocenters. The third-order valence-corrected chi connectivity index (χ3v) is 28.6. The number of oxazole rings is 2. The van der Waals surface area contributed by atoms with Gasteiger partial charge in [-0.15, -0.1) is 0 Å². The summed E-state index contributed by atoms with van der Waals surface area (Å²) in [6, 6.07) is 70.9. The molecule has 7 N–H and O–H groups in total. The molecule has 2 amide bonds. The molecule has 0 unspecified atom stereocenters. The van der Waals surface area contributed by atoms with E-state index in [-0.39, 0.29) is 56.1 Å². The van der Waals surface area contributed by atoms with Crippen molar-refractivity contribution < 1.29 is 92.5 Å². The monoisotopic (exact) mass is 2010 g/mol. The van der Waals surface area contributed by atoms with Crippen LogP contribution in [0.3, 0.4) is 0 Å². The predicted octanol–water partition coefficient (Wildman–Crippen LogP) is 20.6. The van der Waals surface area contributed by atoms with Gasteiger partial charge in [-0.1, -0.05) is 158 Å². The second kappa shape index (κ2) is 44.3. The van der Waals surface area contributed by atoms with Crippen molar-refractivity contribution in [2.75, 3.05) is 34.1 Å². The number of aryl methyl sites for hydroxylation is 4. The van der Waals surface area contributed by atoms with Crippen molar-refractivity contribution in [3.8, 4) is 33.9 Å². The fraction of sp³-hybridized carbons (Fsp3) is 0.180. The van der Waals surface area contributed by atoms with Crippen molar-refractivity contribution in [2.24, 2.45) is 15.4 Å². The van der Waals surface area contributed by atoms with Gasteiger partial charge in [-0.3, -0.25) is 33.7 Å². The van der Waals surface area contributed by atoms with Crippen molar-refractivity contribution in [3.05, 3.63) is 346 Å². The summed E-state index contributed by atoms with van der Waals surface area (Å²) in [6.45, 7) is 5.32. The number of nitrogens with zero attached hydrogens (tertiary/aromatic N) is 4. The van der Waals surface area contributed by atoms with E-state index in [0.717, 1.165) is 146 Å². The molecular weight excluding hydrogens is 1920 g/mol. The van der Waals surface area contributed by atoms with Gasteiger partial charge in [0.2, 0.25) is 51.9 Å². The van der Waals surface area contributed by atoms with E-state index in [0.29, 0.717) is 103 Å². The average Bonchev–Trinajstić information content (AvgIpc) is 1.91. The van der Waals surface area contributed by atoms with Crippen LogP contribution in [0.1, 0.15) is 131 Å². The number of Topliss-reactive ketones (excluding diaryl/α,β-unsaturated/α-hetero) is 2. The van der Waals surface area contributed by atoms with Crippen molar-refractivity contribution in [1.82, 2.24) is 9.97 Å². The molecule has 0 bridgehead atoms. The minimum Gasteiger partial charge on any atom is -0.441 e. The largest absolute Gasteiger partial charge is 0.441 e. The standard InChI is InChI=1S/C18H16O3S.C17H14ClNO3S.C17H16FNO3S2.C16H13FN2O3S.C16H19FN2O3S.C16H14N2O3S/c1-20-21-22-15-9-7-13(8-10-15)16-11-12-17(19)18(16)14-5-3-2-4-6-14;1-23(21,22)15-8-2-12(3-9-15)16-10-11-17(20)19(16)14-6-4-13(18)5-7-14;1-10-3-6-16(13(18)7-10)23-17-9-12-11(4-5-15(12)20)8-14(17)19-24(2,21)22;17-12-3-5-13(6-4-12)19-15(9-10-16(19)20)11-1-7-14(8-2-11)23(18,21)22;1-10-19-15(11-5-3-2-4-6-11)16(22-10)12-7-8-14(13(17)9-12)23(18,20)21;1-11-18-15(12-5-3-2-4-6-12)16(21-11)13-7-9-14(10-8-13)22(17,19)20/h2-10H,11-12H2,1H3;2-10H,11H2,1H3;3,6-9,19H,4-5H2,1-2H3;1-9H,10H2,(H2,18,21,22);7-9,11H,2-6H2,1H3,(H2,18,20,21);2-10H,1H3,(H2,17,19,20). The number of allylic oxidation sites excluding steroid dienone is 2. The molecule has 26 nitrogen and oxygen atoms in total. The van der Waals surface area contributed by atoms with Crippen LogP contribution in [0, 0.1) is 38.2 Å². The molecule has 137 heavy (non-hydrogen) atoms. The van der Waals surface area contributed by atoms with Crippen LogP contribution in [0.4, 0.5) is 30.2 Å². The number of nitrogens with one attached hydrogen (secondary N) is 1. The Hall–Kier alpha value is -12.5. The Labute approximate surface area is 805 Å². The van der Waals surface area contributed by atoms with E-state index in [1.54, 1.807) is 129 Å². The summed E-state index contributed by atoms with van der Waals surface area (Å²) in [5.74, 6) is 0.937. The fourth-order valence-electron chi connectivity index (χ4n) is 15.6. The van der Waals surface area contributed by atoms with Crippen molar-refractivity contribution >= 4 is 148 Å². The van der Waals surface area contributed by atoms with Crippen LogP contribution < -0.4 is 29.9 Å². The van der Waals surface area contributed by atoms with E-state index in [1.165, 1.54) is 91.4 Å². The summed E-state index contributed by atoms with van der Waals surface area (Å²) in [6.07, 6.45) is 14.3. The van der Waals surface area contributed by atoms with Crippen molar-refractivity contribution in [2.45, 2.75) is 132 Å². The van der Waals surface area contributed by atoms with E-state index >= 15 is 0 Å². The molecular formula is C100H92ClF3N8O18S7. The first-order valence-electron chi connectivity index (χ1n) is 42.4. The van der Waals surface area contributed by atoms with Gasteiger partial charge in [0.05, 0.1) is 62.9 Å². The number of ketones is 2. The highest BCUT2D eigenvalue weighted by molar-refractivity contribution is 7.99. The molecule has 37 heteroatoms. The van der Waals surface area contributed by atoms with Gasteiger partial charge in [0.15, 0.2) is 44.7 Å². The first-order chi connectivity index (χ1) is 65.0. The van der Waals surface area contributed by atoms with Gasteiger partial charge in [-0.25, -0.2) is 85.5 Å². The van der Waals surface area contributed by atoms with Gasteiger partial charge >= 0.3 is 0 Å². The minimum absolute atomic E-state index is 0.000458. The molecule has 11 aromatic carbocycles. The molecule has 0 saturated heterocycles. The molecule has 0 spiro atoms. The Morgan fingerprint density at radius 2 is 0.993 bits per heavy atom. The van der Waals surface area contributed by atoms with Gasteiger partial charge in [-0.2, -0.15) is 4.33 Å². The van der Waals surface area contributed by atoms with Crippen molar-refractivity contribution in [1.29, 1.82) is 0 Å². The van der Waals surface area contributed by atoms with E-state index in [1.807, 2.05) is 91.0 Å². The zero-order valence-electron chi connectivity index (χ0n) is 74.5. The molecule has 4 heterocycles. The number of nitrogens with two attached hydrogens (primary N) is 3. The van der Waals surface area contributed by atoms with E-state index < -0.39 is 60.6 Å². The van der Waals surface area contributed by atoms with Crippen LogP contribution in [0.5, 0.6) is 0 Å². The third kappa shape index (κ3) is 26.4. The number of sulfone groups is 1. The molecule has 5 aliphatic rings. The highest BCUT2D eigenvalue weighted by Gasteiger charge is 2.32. The highest BCUT2D eigenvalue weighted by Crippen LogP contribution is 2.44. The SMILES string of the molecule is COOSc1ccc(C2=C(c3ccccc3)C(=O)CC2)cc1.CS(=O)(=O)c1ccc(C2=CCC(=O)N2c2ccc(Cl)cc2)cc1.Cc1ccc(Sc2cc3c(cc2NS(C)(=O)=O)CCC3=O)c(F)c1.Cc1nc(-c2ccccc2)c(-c2ccc(S(N)(=O)=O)cc2)o1.Cc1nc(C2CCCCC2)c(-c2ccc(S(N)(=O)=O)c(F)c2)o1.NS(=O)(=O)c1ccc(C2=CCC(=O)N2c2ccc(F)cc2)cc1. The summed E-state index contributed by atoms with van der Waals surface area (Å²) in [5, 5.41) is 15.8. The fourth-order valence-corrected chi connectivity index (χ4v) is 20.0. The maximum absolute atomic E-state index is 14.1. The maximum atomic E-state index is 14.1. The molecule has 2 aromatic heterocycles. The molecule has 1 fully saturated rings. The number of fused-ring (bicyclic) bond motifs is 1. The Morgan fingerprint density at radius 3 is 1.52 bits per heavy atom. The normalized spacial score (nSPS) is 14.5. The molecule has 2 aliphatic heterocycles. The van der Waals surface area contributed by atoms with E-state index in [9.17, 15) is 74.4 Å². The number of halogens is 4. The van der Waals surface area contributed by atoms with Crippen LogP contribution >= 0.6 is 35.4 Å². The number of carbonyl (C=O) groups excluding carboxylic acids is 4. The highest BCUT2D eigenvalue weighted by atomic mass is 35.5. The van der Waals surface area contributed by atoms with Gasteiger partial charge in [-0.05, 0) is 223 Å². The first-order valence-corrected chi connectivity index (χ1v) is 52.8. The zero-order chi connectivity index (χ0) is 98.4. The molecule has 1 saturated carbocycles. The number of benzene rings is 11. The second-order valence-electron chi connectivity index (χ2n) is 32.0. The molecule has 3 aliphatic carbocycles. The second-order valence-corrected chi connectivity index (χ2v) is 42.7. The van der Waals surface area contributed by atoms with Gasteiger partial charge in [0.1, 0.15) is 28.0 Å². The quantitative estimate of drug-likeness (QED) is 0.0295. The van der Waals surface area contributed by atoms with Crippen LogP contribution in [0.15, 0.2) is 310 Å². The number of sulfonamides is 4. The third-order valence-electron chi connectivity index (χ3n) is 22.0. The summed E-state index contributed by atoms with van der Waals surface area (Å²) < 4.78 is 174. The van der Waals surface area contributed by atoms with Crippen LogP contribution in [0.25, 0.3) is 56.4 Å². The summed E-state index contributed by atoms with van der Waals surface area (Å²) >= 11 is 8.16. The van der Waals surface area contributed by atoms with Gasteiger partial charge < -0.3 is 8.83 Å². The Bertz CT molecular complexity index is 7250. The number of carbonyl (C=O) groups is 4. The molecule has 710 valence electrons. The number of amides is 2. The minimum atomic E-state index is -4.08. The lowest BCUT2D eigenvalue weighted by Crippen LogP contribution is -2.23. The topological polar surface area (TPSA) is 406 Å².